The molecular weight excluding hydrogens is 392 g/mol. The molecule has 1 atom stereocenters. The minimum Gasteiger partial charge on any atom is -0.455 e. The maximum atomic E-state index is 12.5. The fourth-order valence-electron chi connectivity index (χ4n) is 3.32. The molecule has 0 aromatic heterocycles. The molecule has 6 nitrogen and oxygen atoms in total. The van der Waals surface area contributed by atoms with Crippen molar-refractivity contribution in [1.29, 1.82) is 0 Å². The molecule has 160 valence electrons. The van der Waals surface area contributed by atoms with Crippen molar-refractivity contribution >= 4 is 29.4 Å². The third-order valence-corrected chi connectivity index (χ3v) is 5.39. The van der Waals surface area contributed by atoms with Gasteiger partial charge >= 0.3 is 5.97 Å². The van der Waals surface area contributed by atoms with E-state index < -0.39 is 0 Å². The largest absolute Gasteiger partial charge is 0.455 e. The van der Waals surface area contributed by atoms with Crippen LogP contribution >= 0.6 is 11.6 Å². The highest BCUT2D eigenvalue weighted by atomic mass is 35.5. The zero-order valence-corrected chi connectivity index (χ0v) is 18.2. The molecule has 7 heteroatoms. The Morgan fingerprint density at radius 1 is 1.10 bits per heavy atom. The SMILES string of the molecule is CC(C)CC[C@@H](C)NC(=O)COC(=O)C1CCN(C(=O)c2ccc(Cl)cc2)CC1. The van der Waals surface area contributed by atoms with E-state index in [0.29, 0.717) is 42.4 Å². The zero-order valence-electron chi connectivity index (χ0n) is 17.4. The number of esters is 1. The Morgan fingerprint density at radius 2 is 1.72 bits per heavy atom. The molecule has 1 N–H and O–H groups in total. The van der Waals surface area contributed by atoms with Crippen LogP contribution in [0.3, 0.4) is 0 Å². The molecule has 1 aromatic rings. The summed E-state index contributed by atoms with van der Waals surface area (Å²) in [6.45, 7) is 6.96. The van der Waals surface area contributed by atoms with Crippen LogP contribution in [-0.2, 0) is 14.3 Å². The molecular formula is C22H31ClN2O4. The second-order valence-electron chi connectivity index (χ2n) is 8.12. The molecule has 1 aliphatic heterocycles. The number of halogens is 1. The molecule has 29 heavy (non-hydrogen) atoms. The monoisotopic (exact) mass is 422 g/mol. The summed E-state index contributed by atoms with van der Waals surface area (Å²) >= 11 is 5.86. The van der Waals surface area contributed by atoms with Gasteiger partial charge in [-0.2, -0.15) is 0 Å². The van der Waals surface area contributed by atoms with Gasteiger partial charge in [0.2, 0.25) is 0 Å². The lowest BCUT2D eigenvalue weighted by Crippen LogP contribution is -2.41. The zero-order chi connectivity index (χ0) is 21.4. The third-order valence-electron chi connectivity index (χ3n) is 5.14. The van der Waals surface area contributed by atoms with Crippen molar-refractivity contribution in [3.8, 4) is 0 Å². The molecule has 0 bridgehead atoms. The van der Waals surface area contributed by atoms with E-state index in [9.17, 15) is 14.4 Å². The number of piperidine rings is 1. The van der Waals surface area contributed by atoms with Crippen LogP contribution in [0.5, 0.6) is 0 Å². The molecule has 1 aromatic carbocycles. The van der Waals surface area contributed by atoms with Crippen molar-refractivity contribution in [3.63, 3.8) is 0 Å². The van der Waals surface area contributed by atoms with Gasteiger partial charge in [-0.25, -0.2) is 0 Å². The van der Waals surface area contributed by atoms with Crippen LogP contribution in [0.4, 0.5) is 0 Å². The Balaban J connectivity index is 1.70. The minimum atomic E-state index is -0.367. The Bertz CT molecular complexity index is 697. The van der Waals surface area contributed by atoms with Crippen molar-refractivity contribution in [2.24, 2.45) is 11.8 Å². The maximum absolute atomic E-state index is 12.5. The number of benzene rings is 1. The van der Waals surface area contributed by atoms with Crippen LogP contribution in [-0.4, -0.2) is 48.4 Å². The molecule has 0 spiro atoms. The van der Waals surface area contributed by atoms with Crippen LogP contribution in [0.25, 0.3) is 0 Å². The lowest BCUT2D eigenvalue weighted by atomic mass is 9.96. The highest BCUT2D eigenvalue weighted by Gasteiger charge is 2.29. The lowest BCUT2D eigenvalue weighted by molar-refractivity contribution is -0.154. The standard InChI is InChI=1S/C22H31ClN2O4/c1-15(2)4-5-16(3)24-20(26)14-29-22(28)18-10-12-25(13-11-18)21(27)17-6-8-19(23)9-7-17/h6-9,15-16,18H,4-5,10-14H2,1-3H3,(H,24,26)/t16-/m1/s1. The third kappa shape index (κ3) is 7.69. The van der Waals surface area contributed by atoms with Gasteiger partial charge in [0, 0.05) is 29.7 Å². The number of nitrogens with zero attached hydrogens (tertiary/aromatic N) is 1. The number of likely N-dealkylation sites (tertiary alicyclic amines) is 1. The Morgan fingerprint density at radius 3 is 2.31 bits per heavy atom. The Kier molecular flexibility index (Phi) is 8.96. The summed E-state index contributed by atoms with van der Waals surface area (Å²) in [5.74, 6) is -0.401. The molecule has 0 aliphatic carbocycles. The number of carbonyl (C=O) groups excluding carboxylic acids is 3. The first kappa shape index (κ1) is 23.2. The van der Waals surface area contributed by atoms with Crippen LogP contribution < -0.4 is 5.32 Å². The summed E-state index contributed by atoms with van der Waals surface area (Å²) in [6, 6.07) is 6.84. The van der Waals surface area contributed by atoms with Gasteiger partial charge in [-0.15, -0.1) is 0 Å². The van der Waals surface area contributed by atoms with E-state index in [-0.39, 0.29) is 36.4 Å². The molecule has 0 radical (unpaired) electrons. The highest BCUT2D eigenvalue weighted by molar-refractivity contribution is 6.30. The first-order chi connectivity index (χ1) is 13.8. The van der Waals surface area contributed by atoms with Gasteiger partial charge < -0.3 is 15.0 Å². The van der Waals surface area contributed by atoms with Gasteiger partial charge in [0.05, 0.1) is 5.92 Å². The van der Waals surface area contributed by atoms with Gasteiger partial charge in [-0.05, 0) is 62.8 Å². The number of hydrogen-bond donors (Lipinski definition) is 1. The second kappa shape index (κ2) is 11.2. The van der Waals surface area contributed by atoms with E-state index in [2.05, 4.69) is 19.2 Å². The fraction of sp³-hybridized carbons (Fsp3) is 0.591. The van der Waals surface area contributed by atoms with Gasteiger partial charge in [0.15, 0.2) is 6.61 Å². The summed E-state index contributed by atoms with van der Waals surface area (Å²) in [7, 11) is 0. The predicted molar refractivity (Wildman–Crippen MR) is 113 cm³/mol. The molecule has 1 aliphatic rings. The van der Waals surface area contributed by atoms with Crippen LogP contribution in [0.15, 0.2) is 24.3 Å². The Hall–Kier alpha value is -2.08. The van der Waals surface area contributed by atoms with Gasteiger partial charge in [-0.1, -0.05) is 25.4 Å². The van der Waals surface area contributed by atoms with Crippen LogP contribution in [0, 0.1) is 11.8 Å². The van der Waals surface area contributed by atoms with E-state index >= 15 is 0 Å². The van der Waals surface area contributed by atoms with Gasteiger partial charge in [0.1, 0.15) is 0 Å². The highest BCUT2D eigenvalue weighted by Crippen LogP contribution is 2.21. The average Bonchev–Trinajstić information content (AvgIpc) is 2.70. The van der Waals surface area contributed by atoms with Gasteiger partial charge in [0.25, 0.3) is 11.8 Å². The quantitative estimate of drug-likeness (QED) is 0.648. The number of ether oxygens (including phenoxy) is 1. The van der Waals surface area contributed by atoms with Crippen molar-refractivity contribution < 1.29 is 19.1 Å². The summed E-state index contributed by atoms with van der Waals surface area (Å²) in [5, 5.41) is 3.44. The lowest BCUT2D eigenvalue weighted by Gasteiger charge is -2.31. The fourth-order valence-corrected chi connectivity index (χ4v) is 3.45. The van der Waals surface area contributed by atoms with E-state index in [1.54, 1.807) is 29.2 Å². The first-order valence-electron chi connectivity index (χ1n) is 10.3. The Labute approximate surface area is 177 Å². The molecule has 2 amide bonds. The average molecular weight is 423 g/mol. The summed E-state index contributed by atoms with van der Waals surface area (Å²) in [6.07, 6.45) is 3.00. The molecule has 1 saturated heterocycles. The number of nitrogens with one attached hydrogen (secondary N) is 1. The number of hydrogen-bond acceptors (Lipinski definition) is 4. The maximum Gasteiger partial charge on any atom is 0.309 e. The van der Waals surface area contributed by atoms with Crippen LogP contribution in [0.1, 0.15) is 56.8 Å². The molecule has 0 saturated carbocycles. The smallest absolute Gasteiger partial charge is 0.309 e. The summed E-state index contributed by atoms with van der Waals surface area (Å²) in [4.78, 5) is 38.5. The van der Waals surface area contributed by atoms with E-state index in [0.717, 1.165) is 12.8 Å². The van der Waals surface area contributed by atoms with Crippen molar-refractivity contribution in [2.45, 2.75) is 52.5 Å². The molecule has 1 fully saturated rings. The number of carbonyl (C=O) groups is 3. The normalized spacial score (nSPS) is 15.8. The van der Waals surface area contributed by atoms with E-state index in [4.69, 9.17) is 16.3 Å². The van der Waals surface area contributed by atoms with Crippen molar-refractivity contribution in [3.05, 3.63) is 34.9 Å². The van der Waals surface area contributed by atoms with Crippen LogP contribution in [0.2, 0.25) is 5.02 Å². The van der Waals surface area contributed by atoms with E-state index in [1.807, 2.05) is 6.92 Å². The topological polar surface area (TPSA) is 75.7 Å². The number of amides is 2. The molecule has 0 unspecified atom stereocenters. The molecule has 1 heterocycles. The summed E-state index contributed by atoms with van der Waals surface area (Å²) < 4.78 is 5.19. The number of rotatable bonds is 8. The van der Waals surface area contributed by atoms with Crippen molar-refractivity contribution in [2.75, 3.05) is 19.7 Å². The molecule has 2 rings (SSSR count). The predicted octanol–water partition coefficient (Wildman–Crippen LogP) is 3.68. The second-order valence-corrected chi connectivity index (χ2v) is 8.56. The first-order valence-corrected chi connectivity index (χ1v) is 10.6. The minimum absolute atomic E-state index is 0.0609. The summed E-state index contributed by atoms with van der Waals surface area (Å²) in [5.41, 5.74) is 0.582. The van der Waals surface area contributed by atoms with Gasteiger partial charge in [-0.3, -0.25) is 14.4 Å². The van der Waals surface area contributed by atoms with E-state index in [1.165, 1.54) is 0 Å². The van der Waals surface area contributed by atoms with Crippen molar-refractivity contribution in [1.82, 2.24) is 10.2 Å².